The summed E-state index contributed by atoms with van der Waals surface area (Å²) in [7, 11) is 0. The summed E-state index contributed by atoms with van der Waals surface area (Å²) in [6.07, 6.45) is -0.0985. The zero-order valence-electron chi connectivity index (χ0n) is 18.7. The molecule has 162 valence electrons. The highest BCUT2D eigenvalue weighted by Gasteiger charge is 2.41. The summed E-state index contributed by atoms with van der Waals surface area (Å²) in [5.41, 5.74) is 4.64. The van der Waals surface area contributed by atoms with Crippen LogP contribution in [0.15, 0.2) is 78.5 Å². The maximum atomic E-state index is 13.6. The van der Waals surface area contributed by atoms with Gasteiger partial charge in [0.15, 0.2) is 0 Å². The Bertz CT molecular complexity index is 1190. The Hall–Kier alpha value is -3.86. The Morgan fingerprint density at radius 2 is 1.38 bits per heavy atom. The number of carbonyl (C=O) groups is 2. The van der Waals surface area contributed by atoms with E-state index in [1.165, 1.54) is 4.90 Å². The number of amides is 2. The van der Waals surface area contributed by atoms with Crippen molar-refractivity contribution < 1.29 is 14.3 Å². The predicted molar refractivity (Wildman–Crippen MR) is 128 cm³/mol. The molecule has 1 aliphatic heterocycles. The molecule has 5 nitrogen and oxygen atoms in total. The average Bonchev–Trinajstić information content (AvgIpc) is 3.00. The molecule has 3 aromatic rings. The van der Waals surface area contributed by atoms with Crippen LogP contribution < -0.4 is 15.0 Å². The second-order valence-electron chi connectivity index (χ2n) is 8.19. The van der Waals surface area contributed by atoms with Crippen LogP contribution in [0.4, 0.5) is 11.4 Å². The summed E-state index contributed by atoms with van der Waals surface area (Å²) in [5.74, 6) is -0.303. The molecule has 0 saturated carbocycles. The lowest BCUT2D eigenvalue weighted by Crippen LogP contribution is -2.33. The van der Waals surface area contributed by atoms with Gasteiger partial charge in [-0.25, -0.2) is 4.90 Å². The van der Waals surface area contributed by atoms with E-state index in [2.05, 4.69) is 5.32 Å². The van der Waals surface area contributed by atoms with Gasteiger partial charge in [-0.2, -0.15) is 0 Å². The van der Waals surface area contributed by atoms with Gasteiger partial charge in [-0.1, -0.05) is 59.7 Å². The first-order chi connectivity index (χ1) is 15.3. The van der Waals surface area contributed by atoms with Crippen molar-refractivity contribution in [3.05, 3.63) is 95.2 Å². The number of nitrogens with one attached hydrogen (secondary N) is 1. The van der Waals surface area contributed by atoms with Crippen molar-refractivity contribution in [3.63, 3.8) is 0 Å². The highest BCUT2D eigenvalue weighted by molar-refractivity contribution is 6.46. The number of para-hydroxylation sites is 2. The summed E-state index contributed by atoms with van der Waals surface area (Å²) >= 11 is 0. The molecule has 32 heavy (non-hydrogen) atoms. The van der Waals surface area contributed by atoms with Gasteiger partial charge in [0, 0.05) is 5.69 Å². The molecule has 0 radical (unpaired) electrons. The fraction of sp³-hybridized carbons (Fsp3) is 0.185. The van der Waals surface area contributed by atoms with Gasteiger partial charge in [-0.15, -0.1) is 0 Å². The maximum Gasteiger partial charge on any atom is 0.282 e. The highest BCUT2D eigenvalue weighted by atomic mass is 16.5. The molecule has 3 aromatic carbocycles. The van der Waals surface area contributed by atoms with Gasteiger partial charge < -0.3 is 10.1 Å². The SMILES string of the molecule is Cc1ccc(NC2=C(c3ccc(C)cc3)C(=O)N(c3ccccc3OC(C)C)C2=O)cc1. The van der Waals surface area contributed by atoms with E-state index < -0.39 is 5.91 Å². The van der Waals surface area contributed by atoms with Crippen LogP contribution in [0, 0.1) is 13.8 Å². The van der Waals surface area contributed by atoms with Crippen LogP contribution in [0.2, 0.25) is 0 Å². The number of benzene rings is 3. The standard InChI is InChI=1S/C27H26N2O3/c1-17(2)32-23-8-6-5-7-22(23)29-26(30)24(20-13-9-18(3)10-14-20)25(27(29)31)28-21-15-11-19(4)12-16-21/h5-17,28H,1-4H3. The van der Waals surface area contributed by atoms with Gasteiger partial charge in [0.1, 0.15) is 11.4 Å². The minimum absolute atomic E-state index is 0.0985. The number of imide groups is 1. The molecule has 0 unspecified atom stereocenters. The van der Waals surface area contributed by atoms with E-state index in [4.69, 9.17) is 4.74 Å². The first-order valence-electron chi connectivity index (χ1n) is 10.6. The number of aryl methyl sites for hydroxylation is 2. The number of nitrogens with zero attached hydrogens (tertiary/aromatic N) is 1. The molecule has 0 aromatic heterocycles. The van der Waals surface area contributed by atoms with E-state index in [0.29, 0.717) is 22.6 Å². The van der Waals surface area contributed by atoms with E-state index >= 15 is 0 Å². The minimum atomic E-state index is -0.411. The summed E-state index contributed by atoms with van der Waals surface area (Å²) < 4.78 is 5.89. The third-order valence-corrected chi connectivity index (χ3v) is 5.21. The number of carbonyl (C=O) groups excluding carboxylic acids is 2. The second-order valence-corrected chi connectivity index (χ2v) is 8.19. The molecule has 2 amide bonds. The molecular formula is C27H26N2O3. The Morgan fingerprint density at radius 3 is 2.00 bits per heavy atom. The molecular weight excluding hydrogens is 400 g/mol. The fourth-order valence-electron chi connectivity index (χ4n) is 3.63. The summed E-state index contributed by atoms with van der Waals surface area (Å²) in [6.45, 7) is 7.80. The normalized spacial score (nSPS) is 13.8. The summed E-state index contributed by atoms with van der Waals surface area (Å²) in [4.78, 5) is 28.4. The lowest BCUT2D eigenvalue weighted by Gasteiger charge is -2.20. The topological polar surface area (TPSA) is 58.6 Å². The lowest BCUT2D eigenvalue weighted by molar-refractivity contribution is -0.120. The smallest absolute Gasteiger partial charge is 0.282 e. The van der Waals surface area contributed by atoms with Crippen LogP contribution in [-0.4, -0.2) is 17.9 Å². The monoisotopic (exact) mass is 426 g/mol. The first-order valence-corrected chi connectivity index (χ1v) is 10.6. The second kappa shape index (κ2) is 8.71. The number of hydrogen-bond donors (Lipinski definition) is 1. The molecule has 1 aliphatic rings. The van der Waals surface area contributed by atoms with Gasteiger partial charge in [0.05, 0.1) is 17.4 Å². The Morgan fingerprint density at radius 1 is 0.781 bits per heavy atom. The van der Waals surface area contributed by atoms with E-state index in [0.717, 1.165) is 16.8 Å². The molecule has 1 N–H and O–H groups in total. The van der Waals surface area contributed by atoms with Crippen LogP contribution in [0.25, 0.3) is 5.57 Å². The highest BCUT2D eigenvalue weighted by Crippen LogP contribution is 2.38. The van der Waals surface area contributed by atoms with Crippen molar-refractivity contribution >= 4 is 28.8 Å². The van der Waals surface area contributed by atoms with Crippen molar-refractivity contribution in [1.82, 2.24) is 0 Å². The number of hydrogen-bond acceptors (Lipinski definition) is 4. The Kier molecular flexibility index (Phi) is 5.82. The maximum absolute atomic E-state index is 13.6. The Balaban J connectivity index is 1.82. The zero-order valence-corrected chi connectivity index (χ0v) is 18.7. The van der Waals surface area contributed by atoms with Gasteiger partial charge in [0.25, 0.3) is 11.8 Å². The van der Waals surface area contributed by atoms with E-state index in [1.54, 1.807) is 18.2 Å². The molecule has 5 heteroatoms. The number of ether oxygens (including phenoxy) is 1. The largest absolute Gasteiger partial charge is 0.489 e. The van der Waals surface area contributed by atoms with Crippen LogP contribution in [0.3, 0.4) is 0 Å². The predicted octanol–water partition coefficient (Wildman–Crippen LogP) is 5.49. The zero-order chi connectivity index (χ0) is 22.8. The molecule has 0 saturated heterocycles. The molecule has 0 fully saturated rings. The van der Waals surface area contributed by atoms with Crippen LogP contribution in [0.5, 0.6) is 5.75 Å². The van der Waals surface area contributed by atoms with Crippen molar-refractivity contribution in [3.8, 4) is 5.75 Å². The summed E-state index contributed by atoms with van der Waals surface area (Å²) in [5, 5.41) is 3.20. The Labute approximate surface area is 188 Å². The van der Waals surface area contributed by atoms with Gasteiger partial charge in [0.2, 0.25) is 0 Å². The number of rotatable bonds is 6. The average molecular weight is 427 g/mol. The van der Waals surface area contributed by atoms with Crippen molar-refractivity contribution in [1.29, 1.82) is 0 Å². The van der Waals surface area contributed by atoms with Crippen LogP contribution in [-0.2, 0) is 9.59 Å². The number of anilines is 2. The quantitative estimate of drug-likeness (QED) is 0.530. The fourth-order valence-corrected chi connectivity index (χ4v) is 3.63. The van der Waals surface area contributed by atoms with Gasteiger partial charge in [-0.3, -0.25) is 9.59 Å². The molecule has 0 aliphatic carbocycles. The van der Waals surface area contributed by atoms with E-state index in [9.17, 15) is 9.59 Å². The van der Waals surface area contributed by atoms with Crippen molar-refractivity contribution in [2.75, 3.05) is 10.2 Å². The first kappa shape index (κ1) is 21.4. The van der Waals surface area contributed by atoms with Gasteiger partial charge in [-0.05, 0) is 57.5 Å². The molecule has 4 rings (SSSR count). The van der Waals surface area contributed by atoms with Crippen LogP contribution >= 0.6 is 0 Å². The molecule has 0 bridgehead atoms. The van der Waals surface area contributed by atoms with Crippen molar-refractivity contribution in [2.45, 2.75) is 33.8 Å². The molecule has 1 heterocycles. The van der Waals surface area contributed by atoms with E-state index in [-0.39, 0.29) is 17.7 Å². The van der Waals surface area contributed by atoms with Crippen molar-refractivity contribution in [2.24, 2.45) is 0 Å². The van der Waals surface area contributed by atoms with Gasteiger partial charge >= 0.3 is 0 Å². The summed E-state index contributed by atoms with van der Waals surface area (Å²) in [6, 6.07) is 22.4. The van der Waals surface area contributed by atoms with E-state index in [1.807, 2.05) is 82.3 Å². The minimum Gasteiger partial charge on any atom is -0.489 e. The van der Waals surface area contributed by atoms with Crippen LogP contribution in [0.1, 0.15) is 30.5 Å². The lowest BCUT2D eigenvalue weighted by atomic mass is 10.0. The molecule has 0 spiro atoms. The third kappa shape index (κ3) is 4.14. The third-order valence-electron chi connectivity index (χ3n) is 5.21. The molecule has 0 atom stereocenters.